The van der Waals surface area contributed by atoms with E-state index in [1.807, 2.05) is 30.3 Å². The lowest BCUT2D eigenvalue weighted by atomic mass is 10.2. The monoisotopic (exact) mass is 356 g/mol. The molecule has 25 heavy (non-hydrogen) atoms. The predicted octanol–water partition coefficient (Wildman–Crippen LogP) is 2.93. The molecule has 5 nitrogen and oxygen atoms in total. The molecule has 0 aliphatic rings. The molecular weight excluding hydrogens is 336 g/mol. The zero-order chi connectivity index (χ0) is 17.9. The average Bonchev–Trinajstić information content (AvgIpc) is 2.64. The Kier molecular flexibility index (Phi) is 7.46. The van der Waals surface area contributed by atoms with Crippen molar-refractivity contribution in [2.75, 3.05) is 19.8 Å². The molecule has 0 heterocycles. The third-order valence-electron chi connectivity index (χ3n) is 3.09. The van der Waals surface area contributed by atoms with Crippen LogP contribution in [0.4, 0.5) is 0 Å². The normalized spacial score (nSPS) is 9.76. The van der Waals surface area contributed by atoms with Crippen LogP contribution in [0.15, 0.2) is 67.3 Å². The number of nitrogens with one attached hydrogen (secondary N) is 2. The largest absolute Gasteiger partial charge is 0.490 e. The fraction of sp³-hybridized carbons (Fsp3) is 0.158. The Morgan fingerprint density at radius 1 is 1.04 bits per heavy atom. The molecule has 0 atom stereocenters. The summed E-state index contributed by atoms with van der Waals surface area (Å²) >= 11 is 5.02. The van der Waals surface area contributed by atoms with Crippen molar-refractivity contribution < 1.29 is 14.3 Å². The van der Waals surface area contributed by atoms with Crippen molar-refractivity contribution >= 4 is 23.2 Å². The van der Waals surface area contributed by atoms with Gasteiger partial charge >= 0.3 is 0 Å². The Labute approximate surface area is 152 Å². The number of hydrogen-bond acceptors (Lipinski definition) is 4. The molecular formula is C19H20N2O3S. The lowest BCUT2D eigenvalue weighted by Gasteiger charge is -2.10. The van der Waals surface area contributed by atoms with Gasteiger partial charge in [0.05, 0.1) is 0 Å². The number of amides is 1. The maximum atomic E-state index is 12.1. The Morgan fingerprint density at radius 2 is 1.72 bits per heavy atom. The molecule has 130 valence electrons. The number of carbonyl (C=O) groups excluding carboxylic acids is 1. The third-order valence-corrected chi connectivity index (χ3v) is 3.34. The summed E-state index contributed by atoms with van der Waals surface area (Å²) in [5, 5.41) is 5.70. The SMILES string of the molecule is C=CCNC(=S)NC(=O)c1cccc(OCCOc2ccccc2)c1. The van der Waals surface area contributed by atoms with Crippen molar-refractivity contribution in [3.05, 3.63) is 72.8 Å². The molecule has 0 spiro atoms. The first-order chi connectivity index (χ1) is 12.2. The molecule has 0 bridgehead atoms. The summed E-state index contributed by atoms with van der Waals surface area (Å²) in [5.74, 6) is 1.08. The third kappa shape index (κ3) is 6.64. The van der Waals surface area contributed by atoms with E-state index in [9.17, 15) is 4.79 Å². The summed E-state index contributed by atoms with van der Waals surface area (Å²) in [4.78, 5) is 12.1. The van der Waals surface area contributed by atoms with Crippen LogP contribution in [0, 0.1) is 0 Å². The van der Waals surface area contributed by atoms with Crippen LogP contribution in [0.5, 0.6) is 11.5 Å². The number of ether oxygens (including phenoxy) is 2. The number of hydrogen-bond donors (Lipinski definition) is 2. The Balaban J connectivity index is 1.80. The van der Waals surface area contributed by atoms with Gasteiger partial charge in [-0.1, -0.05) is 30.3 Å². The van der Waals surface area contributed by atoms with E-state index in [1.165, 1.54) is 0 Å². The Hall–Kier alpha value is -2.86. The molecule has 0 saturated heterocycles. The molecule has 2 aromatic carbocycles. The molecule has 0 aromatic heterocycles. The van der Waals surface area contributed by atoms with Crippen molar-refractivity contribution in [1.82, 2.24) is 10.6 Å². The van der Waals surface area contributed by atoms with E-state index in [0.29, 0.717) is 31.1 Å². The van der Waals surface area contributed by atoms with E-state index in [1.54, 1.807) is 30.3 Å². The van der Waals surface area contributed by atoms with Crippen LogP contribution >= 0.6 is 12.2 Å². The lowest BCUT2D eigenvalue weighted by Crippen LogP contribution is -2.39. The molecule has 2 rings (SSSR count). The van der Waals surface area contributed by atoms with Crippen LogP contribution in [0.2, 0.25) is 0 Å². The highest BCUT2D eigenvalue weighted by molar-refractivity contribution is 7.80. The van der Waals surface area contributed by atoms with Crippen LogP contribution in [0.25, 0.3) is 0 Å². The van der Waals surface area contributed by atoms with Crippen molar-refractivity contribution in [1.29, 1.82) is 0 Å². The fourth-order valence-electron chi connectivity index (χ4n) is 1.95. The molecule has 0 radical (unpaired) electrons. The Bertz CT molecular complexity index is 720. The van der Waals surface area contributed by atoms with Gasteiger partial charge in [0.1, 0.15) is 24.7 Å². The second kappa shape index (κ2) is 10.1. The van der Waals surface area contributed by atoms with Gasteiger partial charge in [-0.25, -0.2) is 0 Å². The molecule has 0 aliphatic heterocycles. The van der Waals surface area contributed by atoms with E-state index in [2.05, 4.69) is 17.2 Å². The van der Waals surface area contributed by atoms with Gasteiger partial charge in [-0.2, -0.15) is 0 Å². The van der Waals surface area contributed by atoms with Crippen LogP contribution in [0.1, 0.15) is 10.4 Å². The van der Waals surface area contributed by atoms with Gasteiger partial charge in [0.15, 0.2) is 5.11 Å². The van der Waals surface area contributed by atoms with E-state index < -0.39 is 0 Å². The van der Waals surface area contributed by atoms with Gasteiger partial charge in [-0.3, -0.25) is 10.1 Å². The lowest BCUT2D eigenvalue weighted by molar-refractivity contribution is 0.0976. The number of benzene rings is 2. The first-order valence-electron chi connectivity index (χ1n) is 7.80. The standard InChI is InChI=1S/C19H20N2O3S/c1-2-11-20-19(25)21-18(22)15-7-6-10-17(14-15)24-13-12-23-16-8-4-3-5-9-16/h2-10,14H,1,11-13H2,(H2,20,21,22,25). The molecule has 6 heteroatoms. The van der Waals surface area contributed by atoms with Crippen molar-refractivity contribution in [3.63, 3.8) is 0 Å². The van der Waals surface area contributed by atoms with Gasteiger partial charge in [-0.05, 0) is 42.5 Å². The molecule has 2 aromatic rings. The van der Waals surface area contributed by atoms with E-state index >= 15 is 0 Å². The molecule has 0 fully saturated rings. The van der Waals surface area contributed by atoms with Crippen molar-refractivity contribution in [2.24, 2.45) is 0 Å². The van der Waals surface area contributed by atoms with Crippen LogP contribution in [0.3, 0.4) is 0 Å². The van der Waals surface area contributed by atoms with Gasteiger partial charge in [0.2, 0.25) is 0 Å². The summed E-state index contributed by atoms with van der Waals surface area (Å²) in [6.45, 7) is 4.85. The van der Waals surface area contributed by atoms with Crippen LogP contribution in [-0.4, -0.2) is 30.8 Å². The Morgan fingerprint density at radius 3 is 2.44 bits per heavy atom. The van der Waals surface area contributed by atoms with Gasteiger partial charge in [0, 0.05) is 12.1 Å². The number of para-hydroxylation sites is 1. The van der Waals surface area contributed by atoms with Crippen LogP contribution in [-0.2, 0) is 0 Å². The highest BCUT2D eigenvalue weighted by Crippen LogP contribution is 2.14. The van der Waals surface area contributed by atoms with E-state index in [-0.39, 0.29) is 11.0 Å². The van der Waals surface area contributed by atoms with Gasteiger partial charge in [-0.15, -0.1) is 6.58 Å². The minimum Gasteiger partial charge on any atom is -0.490 e. The highest BCUT2D eigenvalue weighted by Gasteiger charge is 2.08. The summed E-state index contributed by atoms with van der Waals surface area (Å²) in [6, 6.07) is 16.4. The zero-order valence-electron chi connectivity index (χ0n) is 13.7. The quantitative estimate of drug-likeness (QED) is 0.433. The molecule has 2 N–H and O–H groups in total. The minimum absolute atomic E-state index is 0.257. The molecule has 0 aliphatic carbocycles. The fourth-order valence-corrected chi connectivity index (χ4v) is 2.12. The summed E-state index contributed by atoms with van der Waals surface area (Å²) in [5.41, 5.74) is 0.462. The first-order valence-corrected chi connectivity index (χ1v) is 8.20. The smallest absolute Gasteiger partial charge is 0.257 e. The van der Waals surface area contributed by atoms with Gasteiger partial charge in [0.25, 0.3) is 5.91 Å². The average molecular weight is 356 g/mol. The number of rotatable bonds is 8. The number of carbonyl (C=O) groups is 1. The summed E-state index contributed by atoms with van der Waals surface area (Å²) in [7, 11) is 0. The van der Waals surface area contributed by atoms with Gasteiger partial charge < -0.3 is 14.8 Å². The maximum Gasteiger partial charge on any atom is 0.257 e. The maximum absolute atomic E-state index is 12.1. The molecule has 0 saturated carbocycles. The molecule has 1 amide bonds. The first kappa shape index (κ1) is 18.5. The second-order valence-corrected chi connectivity index (χ2v) is 5.40. The minimum atomic E-state index is -0.299. The second-order valence-electron chi connectivity index (χ2n) is 4.99. The predicted molar refractivity (Wildman–Crippen MR) is 102 cm³/mol. The molecule has 0 unspecified atom stereocenters. The van der Waals surface area contributed by atoms with E-state index in [0.717, 1.165) is 5.75 Å². The summed E-state index contributed by atoms with van der Waals surface area (Å²) in [6.07, 6.45) is 1.66. The topological polar surface area (TPSA) is 59.6 Å². The van der Waals surface area contributed by atoms with Crippen LogP contribution < -0.4 is 20.1 Å². The van der Waals surface area contributed by atoms with Crippen molar-refractivity contribution in [2.45, 2.75) is 0 Å². The van der Waals surface area contributed by atoms with E-state index in [4.69, 9.17) is 21.7 Å². The summed E-state index contributed by atoms with van der Waals surface area (Å²) < 4.78 is 11.2. The zero-order valence-corrected chi connectivity index (χ0v) is 14.6. The highest BCUT2D eigenvalue weighted by atomic mass is 32.1. The number of thiocarbonyl (C=S) groups is 1. The van der Waals surface area contributed by atoms with Crippen molar-refractivity contribution in [3.8, 4) is 11.5 Å².